The Kier molecular flexibility index (Phi) is 1.49. The number of alkyl halides is 2. The first-order valence-corrected chi connectivity index (χ1v) is 5.09. The monoisotopic (exact) mass is 196 g/mol. The Bertz CT molecular complexity index is 350. The van der Waals surface area contributed by atoms with Crippen LogP contribution < -0.4 is 0 Å². The predicted octanol–water partition coefficient (Wildman–Crippen LogP) is 3.22. The van der Waals surface area contributed by atoms with Gasteiger partial charge in [-0.25, -0.2) is 4.39 Å². The highest BCUT2D eigenvalue weighted by Gasteiger charge is 2.50. The van der Waals surface area contributed by atoms with Crippen LogP contribution in [0.4, 0.5) is 4.39 Å². The molecular weight excluding hydrogens is 187 g/mol. The van der Waals surface area contributed by atoms with Crippen LogP contribution in [0.1, 0.15) is 29.4 Å². The molecule has 2 aliphatic carbocycles. The maximum absolute atomic E-state index is 13.5. The summed E-state index contributed by atoms with van der Waals surface area (Å²) in [6.07, 6.45) is -0.0991. The van der Waals surface area contributed by atoms with Crippen LogP contribution in [0.3, 0.4) is 0 Å². The molecule has 1 unspecified atom stereocenters. The standard InChI is InChI=1S/C11H10ClF/c12-11-8-5-9(13)10(11)7-4-2-1-3-6(7)8/h1-4,8-11H,5H2/t8-,9+,10-,11?/m1/s1. The van der Waals surface area contributed by atoms with Gasteiger partial charge < -0.3 is 0 Å². The molecule has 0 saturated heterocycles. The number of benzene rings is 1. The molecule has 0 heterocycles. The van der Waals surface area contributed by atoms with Crippen LogP contribution in [0, 0.1) is 0 Å². The number of rotatable bonds is 0. The van der Waals surface area contributed by atoms with Crippen LogP contribution in [0.5, 0.6) is 0 Å². The van der Waals surface area contributed by atoms with Gasteiger partial charge in [0.1, 0.15) is 6.17 Å². The molecule has 1 saturated carbocycles. The van der Waals surface area contributed by atoms with Crippen molar-refractivity contribution >= 4 is 11.6 Å². The second-order valence-electron chi connectivity index (χ2n) is 3.96. The largest absolute Gasteiger partial charge is 0.247 e. The van der Waals surface area contributed by atoms with Crippen molar-refractivity contribution in [3.63, 3.8) is 0 Å². The van der Waals surface area contributed by atoms with Crippen molar-refractivity contribution in [2.75, 3.05) is 0 Å². The number of fused-ring (bicyclic) bond motifs is 5. The average molecular weight is 197 g/mol. The molecule has 2 bridgehead atoms. The van der Waals surface area contributed by atoms with Gasteiger partial charge in [-0.2, -0.15) is 0 Å². The van der Waals surface area contributed by atoms with Gasteiger partial charge in [0, 0.05) is 11.8 Å². The lowest BCUT2D eigenvalue weighted by atomic mass is 9.91. The summed E-state index contributed by atoms with van der Waals surface area (Å²) in [6.45, 7) is 0. The maximum Gasteiger partial charge on any atom is 0.109 e. The van der Waals surface area contributed by atoms with E-state index in [1.54, 1.807) is 0 Å². The molecule has 4 atom stereocenters. The topological polar surface area (TPSA) is 0 Å². The van der Waals surface area contributed by atoms with E-state index < -0.39 is 6.17 Å². The van der Waals surface area contributed by atoms with E-state index in [1.165, 1.54) is 5.56 Å². The van der Waals surface area contributed by atoms with Gasteiger partial charge in [-0.15, -0.1) is 11.6 Å². The highest BCUT2D eigenvalue weighted by Crippen LogP contribution is 2.56. The SMILES string of the molecule is F[C@H]1C[C@@H]2c3ccccc3[C@H]1C2Cl. The van der Waals surface area contributed by atoms with Crippen LogP contribution in [-0.4, -0.2) is 11.5 Å². The van der Waals surface area contributed by atoms with Crippen molar-refractivity contribution in [2.45, 2.75) is 29.8 Å². The van der Waals surface area contributed by atoms with Gasteiger partial charge in [0.25, 0.3) is 0 Å². The minimum absolute atomic E-state index is 0.00704. The zero-order valence-electron chi connectivity index (χ0n) is 7.08. The molecule has 0 radical (unpaired) electrons. The lowest BCUT2D eigenvalue weighted by molar-refractivity contribution is 0.304. The molecule has 1 aromatic carbocycles. The number of hydrogen-bond acceptors (Lipinski definition) is 0. The molecule has 1 aromatic rings. The highest BCUT2D eigenvalue weighted by molar-refractivity contribution is 6.22. The Morgan fingerprint density at radius 2 is 1.92 bits per heavy atom. The van der Waals surface area contributed by atoms with Gasteiger partial charge in [-0.1, -0.05) is 24.3 Å². The summed E-state index contributed by atoms with van der Waals surface area (Å²) in [4.78, 5) is 0. The molecule has 0 spiro atoms. The molecule has 0 aliphatic heterocycles. The van der Waals surface area contributed by atoms with Crippen molar-refractivity contribution in [1.29, 1.82) is 0 Å². The van der Waals surface area contributed by atoms with E-state index in [4.69, 9.17) is 11.6 Å². The third kappa shape index (κ3) is 0.859. The second kappa shape index (κ2) is 2.48. The molecule has 0 N–H and O–H groups in total. The van der Waals surface area contributed by atoms with E-state index in [2.05, 4.69) is 6.07 Å². The van der Waals surface area contributed by atoms with E-state index >= 15 is 0 Å². The van der Waals surface area contributed by atoms with E-state index in [1.807, 2.05) is 18.2 Å². The summed E-state index contributed by atoms with van der Waals surface area (Å²) in [5.74, 6) is 0.223. The zero-order valence-corrected chi connectivity index (χ0v) is 7.84. The second-order valence-corrected chi connectivity index (χ2v) is 4.46. The molecule has 68 valence electrons. The van der Waals surface area contributed by atoms with Crippen molar-refractivity contribution in [2.24, 2.45) is 0 Å². The van der Waals surface area contributed by atoms with Gasteiger partial charge in [0.15, 0.2) is 0 Å². The Hall–Kier alpha value is -0.560. The lowest BCUT2D eigenvalue weighted by Gasteiger charge is -2.17. The molecular formula is C11H10ClF. The van der Waals surface area contributed by atoms with E-state index in [-0.39, 0.29) is 17.2 Å². The van der Waals surface area contributed by atoms with E-state index in [0.717, 1.165) is 5.56 Å². The smallest absolute Gasteiger partial charge is 0.109 e. The van der Waals surface area contributed by atoms with Crippen LogP contribution in [0.25, 0.3) is 0 Å². The summed E-state index contributed by atoms with van der Waals surface area (Å²) < 4.78 is 13.5. The molecule has 0 amide bonds. The summed E-state index contributed by atoms with van der Waals surface area (Å²) >= 11 is 6.20. The summed E-state index contributed by atoms with van der Waals surface area (Å²) in [7, 11) is 0. The van der Waals surface area contributed by atoms with Crippen LogP contribution in [0.15, 0.2) is 24.3 Å². The average Bonchev–Trinajstić information content (AvgIpc) is 2.56. The van der Waals surface area contributed by atoms with Crippen LogP contribution in [-0.2, 0) is 0 Å². The van der Waals surface area contributed by atoms with Crippen LogP contribution >= 0.6 is 11.6 Å². The Morgan fingerprint density at radius 3 is 2.69 bits per heavy atom. The fourth-order valence-corrected chi connectivity index (χ4v) is 3.32. The van der Waals surface area contributed by atoms with Gasteiger partial charge >= 0.3 is 0 Å². The quantitative estimate of drug-likeness (QED) is 0.559. The molecule has 0 aromatic heterocycles. The zero-order chi connectivity index (χ0) is 9.00. The third-order valence-corrected chi connectivity index (χ3v) is 3.93. The Balaban J connectivity index is 2.18. The first-order chi connectivity index (χ1) is 6.29. The first-order valence-electron chi connectivity index (χ1n) is 4.66. The summed E-state index contributed by atoms with van der Waals surface area (Å²) in [5.41, 5.74) is 2.42. The first kappa shape index (κ1) is 7.81. The fourth-order valence-electron chi connectivity index (χ4n) is 2.79. The molecule has 3 rings (SSSR count). The third-order valence-electron chi connectivity index (χ3n) is 3.35. The predicted molar refractivity (Wildman–Crippen MR) is 51.1 cm³/mol. The van der Waals surface area contributed by atoms with Gasteiger partial charge in [0.2, 0.25) is 0 Å². The minimum Gasteiger partial charge on any atom is -0.247 e. The maximum atomic E-state index is 13.5. The molecule has 0 nitrogen and oxygen atoms in total. The molecule has 1 fully saturated rings. The van der Waals surface area contributed by atoms with E-state index in [9.17, 15) is 4.39 Å². The van der Waals surface area contributed by atoms with Crippen molar-refractivity contribution in [1.82, 2.24) is 0 Å². The molecule has 13 heavy (non-hydrogen) atoms. The van der Waals surface area contributed by atoms with Crippen molar-refractivity contribution in [3.05, 3.63) is 35.4 Å². The molecule has 2 aliphatic rings. The van der Waals surface area contributed by atoms with E-state index in [0.29, 0.717) is 6.42 Å². The van der Waals surface area contributed by atoms with Crippen molar-refractivity contribution in [3.8, 4) is 0 Å². The lowest BCUT2D eigenvalue weighted by Crippen LogP contribution is -2.11. The number of halogens is 2. The van der Waals surface area contributed by atoms with Gasteiger partial charge in [-0.05, 0) is 17.5 Å². The van der Waals surface area contributed by atoms with Crippen LogP contribution in [0.2, 0.25) is 0 Å². The Morgan fingerprint density at radius 1 is 1.23 bits per heavy atom. The summed E-state index contributed by atoms with van der Waals surface area (Å²) in [6, 6.07) is 8.08. The Labute approximate surface area is 81.7 Å². The van der Waals surface area contributed by atoms with Gasteiger partial charge in [0.05, 0.1) is 5.38 Å². The molecule has 2 heteroatoms. The van der Waals surface area contributed by atoms with Crippen molar-refractivity contribution < 1.29 is 4.39 Å². The normalized spacial score (nSPS) is 40.8. The highest BCUT2D eigenvalue weighted by atomic mass is 35.5. The fraction of sp³-hybridized carbons (Fsp3) is 0.455. The van der Waals surface area contributed by atoms with Gasteiger partial charge in [-0.3, -0.25) is 0 Å². The summed E-state index contributed by atoms with van der Waals surface area (Å²) in [5, 5.41) is -0.00704. The minimum atomic E-state index is -0.720. The number of hydrogen-bond donors (Lipinski definition) is 0.